The van der Waals surface area contributed by atoms with Gasteiger partial charge in [0, 0.05) is 36.4 Å². The minimum absolute atomic E-state index is 0.212. The first-order valence-corrected chi connectivity index (χ1v) is 18.0. The van der Waals surface area contributed by atoms with Gasteiger partial charge in [-0.25, -0.2) is 0 Å². The van der Waals surface area contributed by atoms with Crippen LogP contribution in [-0.4, -0.2) is 21.6 Å². The third-order valence-electron chi connectivity index (χ3n) is 10.2. The predicted octanol–water partition coefficient (Wildman–Crippen LogP) is 9.66. The van der Waals surface area contributed by atoms with Gasteiger partial charge in [-0.1, -0.05) is 109 Å². The Hall–Kier alpha value is -7.48. The van der Waals surface area contributed by atoms with E-state index in [0.717, 1.165) is 33.4 Å². The fourth-order valence-corrected chi connectivity index (χ4v) is 7.62. The molecule has 0 radical (unpaired) electrons. The van der Waals surface area contributed by atoms with Gasteiger partial charge in [0.05, 0.1) is 12.1 Å². The second-order valence-corrected chi connectivity index (χ2v) is 13.6. The summed E-state index contributed by atoms with van der Waals surface area (Å²) in [5.74, 6) is 0.551. The van der Waals surface area contributed by atoms with Gasteiger partial charge in [-0.3, -0.25) is 19.4 Å². The number of carbonyl (C=O) groups is 2. The molecule has 6 aromatic rings. The summed E-state index contributed by atoms with van der Waals surface area (Å²) < 4.78 is 6.44. The molecule has 7 nitrogen and oxygen atoms in total. The van der Waals surface area contributed by atoms with Gasteiger partial charge in [0.15, 0.2) is 11.1 Å². The summed E-state index contributed by atoms with van der Waals surface area (Å²) in [6.45, 7) is 0. The molecule has 6 aromatic carbocycles. The van der Waals surface area contributed by atoms with Crippen molar-refractivity contribution in [1.82, 2.24) is 9.80 Å². The fraction of sp³-hybridized carbons (Fsp3) is 0.0833. The van der Waals surface area contributed by atoms with Crippen molar-refractivity contribution in [3.05, 3.63) is 215 Å². The molecule has 2 heterocycles. The fourth-order valence-electron chi connectivity index (χ4n) is 7.62. The van der Waals surface area contributed by atoms with Crippen LogP contribution >= 0.6 is 0 Å². The van der Waals surface area contributed by atoms with Gasteiger partial charge in [0.1, 0.15) is 11.5 Å². The zero-order chi connectivity index (χ0) is 37.8. The standard InChI is InChI=1S/C48H34N4O3/c49-33-47(43-23-9-7-15-37(43)25-27-51(47)45(53)39-17-3-1-4-18-39)31-35-13-11-21-41(29-35)55-42-22-12-14-36(30-42)32-48(34-50)44-24-10-8-16-38(44)26-28-52(48)46(54)40-19-5-2-6-20-40/h1-30H,31-32H2. The molecule has 0 aromatic heterocycles. The van der Waals surface area contributed by atoms with Crippen LogP contribution in [0.4, 0.5) is 0 Å². The summed E-state index contributed by atoms with van der Waals surface area (Å²) in [5.41, 5.74) is 3.17. The molecule has 2 aliphatic heterocycles. The molecule has 264 valence electrons. The average Bonchev–Trinajstić information content (AvgIpc) is 3.24. The van der Waals surface area contributed by atoms with E-state index in [9.17, 15) is 20.1 Å². The monoisotopic (exact) mass is 714 g/mol. The highest BCUT2D eigenvalue weighted by molar-refractivity contribution is 5.97. The van der Waals surface area contributed by atoms with Gasteiger partial charge in [-0.05, 0) is 94.1 Å². The third-order valence-corrected chi connectivity index (χ3v) is 10.2. The zero-order valence-corrected chi connectivity index (χ0v) is 29.7. The molecule has 55 heavy (non-hydrogen) atoms. The van der Waals surface area contributed by atoms with Crippen molar-refractivity contribution in [3.8, 4) is 23.6 Å². The Morgan fingerprint density at radius 2 is 0.909 bits per heavy atom. The molecule has 0 bridgehead atoms. The average molecular weight is 715 g/mol. The molecule has 0 saturated heterocycles. The van der Waals surface area contributed by atoms with Gasteiger partial charge in [-0.15, -0.1) is 0 Å². The van der Waals surface area contributed by atoms with E-state index in [0.29, 0.717) is 22.6 Å². The molecule has 0 fully saturated rings. The van der Waals surface area contributed by atoms with Crippen molar-refractivity contribution in [3.63, 3.8) is 0 Å². The highest BCUT2D eigenvalue weighted by atomic mass is 16.5. The van der Waals surface area contributed by atoms with Crippen molar-refractivity contribution in [2.75, 3.05) is 0 Å². The Morgan fingerprint density at radius 1 is 0.509 bits per heavy atom. The molecule has 8 rings (SSSR count). The molecule has 2 aliphatic rings. The second kappa shape index (κ2) is 14.5. The maximum atomic E-state index is 14.0. The van der Waals surface area contributed by atoms with Crippen molar-refractivity contribution in [1.29, 1.82) is 10.5 Å². The lowest BCUT2D eigenvalue weighted by atomic mass is 9.78. The molecule has 2 atom stereocenters. The summed E-state index contributed by atoms with van der Waals surface area (Å²) in [6.07, 6.45) is 7.57. The zero-order valence-electron chi connectivity index (χ0n) is 29.7. The Bertz CT molecular complexity index is 2390. The summed E-state index contributed by atoms with van der Waals surface area (Å²) in [4.78, 5) is 31.0. The normalized spacial score (nSPS) is 18.0. The quantitative estimate of drug-likeness (QED) is 0.156. The summed E-state index contributed by atoms with van der Waals surface area (Å²) in [7, 11) is 0. The van der Waals surface area contributed by atoms with E-state index in [1.54, 1.807) is 36.7 Å². The van der Waals surface area contributed by atoms with Gasteiger partial charge in [0.25, 0.3) is 11.8 Å². The first-order valence-electron chi connectivity index (χ1n) is 18.0. The van der Waals surface area contributed by atoms with Crippen LogP contribution in [0.2, 0.25) is 0 Å². The number of amides is 2. The van der Waals surface area contributed by atoms with Crippen LogP contribution in [0.3, 0.4) is 0 Å². The van der Waals surface area contributed by atoms with E-state index in [-0.39, 0.29) is 24.7 Å². The van der Waals surface area contributed by atoms with Gasteiger partial charge >= 0.3 is 0 Å². The lowest BCUT2D eigenvalue weighted by molar-refractivity contribution is 0.0689. The summed E-state index contributed by atoms with van der Waals surface area (Å²) in [5, 5.41) is 21.9. The topological polar surface area (TPSA) is 97.4 Å². The number of carbonyl (C=O) groups excluding carboxylic acids is 2. The van der Waals surface area contributed by atoms with E-state index < -0.39 is 11.1 Å². The number of fused-ring (bicyclic) bond motifs is 2. The van der Waals surface area contributed by atoms with Crippen LogP contribution in [0.5, 0.6) is 11.5 Å². The number of rotatable bonds is 8. The van der Waals surface area contributed by atoms with E-state index in [4.69, 9.17) is 4.74 Å². The summed E-state index contributed by atoms with van der Waals surface area (Å²) >= 11 is 0. The highest BCUT2D eigenvalue weighted by Gasteiger charge is 2.46. The third kappa shape index (κ3) is 6.35. The largest absolute Gasteiger partial charge is 0.457 e. The van der Waals surface area contributed by atoms with Crippen LogP contribution < -0.4 is 4.74 Å². The molecule has 7 heteroatoms. The van der Waals surface area contributed by atoms with E-state index in [2.05, 4.69) is 12.1 Å². The first-order chi connectivity index (χ1) is 26.9. The molecule has 0 spiro atoms. The van der Waals surface area contributed by atoms with Crippen LogP contribution in [0.15, 0.2) is 170 Å². The van der Waals surface area contributed by atoms with E-state index >= 15 is 0 Å². The number of nitrogens with zero attached hydrogens (tertiary/aromatic N) is 4. The van der Waals surface area contributed by atoms with Gasteiger partial charge < -0.3 is 4.74 Å². The number of hydrogen-bond acceptors (Lipinski definition) is 5. The van der Waals surface area contributed by atoms with Gasteiger partial charge in [-0.2, -0.15) is 10.5 Å². The molecule has 0 aliphatic carbocycles. The second-order valence-electron chi connectivity index (χ2n) is 13.6. The highest BCUT2D eigenvalue weighted by Crippen LogP contribution is 2.42. The Kier molecular flexibility index (Phi) is 9.12. The lowest BCUT2D eigenvalue weighted by Gasteiger charge is -2.40. The van der Waals surface area contributed by atoms with Crippen LogP contribution in [-0.2, 0) is 23.9 Å². The maximum Gasteiger partial charge on any atom is 0.259 e. The van der Waals surface area contributed by atoms with Crippen molar-refractivity contribution < 1.29 is 14.3 Å². The molecule has 2 unspecified atom stereocenters. The smallest absolute Gasteiger partial charge is 0.259 e. The molecule has 2 amide bonds. The minimum atomic E-state index is -1.32. The maximum absolute atomic E-state index is 14.0. The SMILES string of the molecule is N#CC1(Cc2cccc(Oc3cccc(CC4(C#N)c5ccccc5C=CN4C(=O)c4ccccc4)c3)c2)c2ccccc2C=CN1C(=O)c1ccccc1. The first kappa shape index (κ1) is 34.6. The van der Waals surface area contributed by atoms with Crippen LogP contribution in [0, 0.1) is 22.7 Å². The number of hydrogen-bond donors (Lipinski definition) is 0. The molecular formula is C48H34N4O3. The lowest BCUT2D eigenvalue weighted by Crippen LogP contribution is -2.49. The Morgan fingerprint density at radius 3 is 1.33 bits per heavy atom. The van der Waals surface area contributed by atoms with Crippen molar-refractivity contribution in [2.24, 2.45) is 0 Å². The number of ether oxygens (including phenoxy) is 1. The van der Waals surface area contributed by atoms with Crippen molar-refractivity contribution >= 4 is 24.0 Å². The molecular weight excluding hydrogens is 681 g/mol. The van der Waals surface area contributed by atoms with Crippen molar-refractivity contribution in [2.45, 2.75) is 23.9 Å². The number of nitriles is 2. The van der Waals surface area contributed by atoms with Crippen LogP contribution in [0.25, 0.3) is 12.2 Å². The van der Waals surface area contributed by atoms with Crippen LogP contribution in [0.1, 0.15) is 54.1 Å². The number of benzene rings is 6. The molecule has 0 N–H and O–H groups in total. The Labute approximate surface area is 319 Å². The van der Waals surface area contributed by atoms with Gasteiger partial charge in [0.2, 0.25) is 0 Å². The van der Waals surface area contributed by atoms with E-state index in [1.165, 1.54) is 9.80 Å². The predicted molar refractivity (Wildman–Crippen MR) is 211 cm³/mol. The Balaban J connectivity index is 1.10. The summed E-state index contributed by atoms with van der Waals surface area (Å²) in [6, 6.07) is 53.4. The minimum Gasteiger partial charge on any atom is -0.457 e. The molecule has 0 saturated carbocycles. The van der Waals surface area contributed by atoms with E-state index in [1.807, 2.05) is 146 Å².